The van der Waals surface area contributed by atoms with E-state index in [4.69, 9.17) is 23.2 Å². The molecule has 24 heavy (non-hydrogen) atoms. The number of halogens is 2. The number of nitrogens with zero attached hydrogens (tertiary/aromatic N) is 1. The van der Waals surface area contributed by atoms with Crippen molar-refractivity contribution >= 4 is 40.7 Å². The van der Waals surface area contributed by atoms with Gasteiger partial charge in [-0.15, -0.1) is 0 Å². The van der Waals surface area contributed by atoms with Crippen molar-refractivity contribution in [3.05, 3.63) is 58.3 Å². The number of carbonyl (C=O) groups excluding carboxylic acids is 2. The fraction of sp³-hybridized carbons (Fsp3) is 0.235. The van der Waals surface area contributed by atoms with E-state index < -0.39 is 0 Å². The molecule has 1 aliphatic rings. The minimum atomic E-state index is -0.355. The van der Waals surface area contributed by atoms with Crippen molar-refractivity contribution in [2.75, 3.05) is 5.32 Å². The van der Waals surface area contributed by atoms with Gasteiger partial charge in [-0.05, 0) is 30.2 Å². The summed E-state index contributed by atoms with van der Waals surface area (Å²) in [6.07, 6.45) is 3.88. The van der Waals surface area contributed by atoms with Crippen molar-refractivity contribution in [3.63, 3.8) is 0 Å². The third-order valence-corrected chi connectivity index (χ3v) is 4.49. The van der Waals surface area contributed by atoms with Crippen LogP contribution in [0.1, 0.15) is 12.0 Å². The van der Waals surface area contributed by atoms with Crippen LogP contribution in [-0.2, 0) is 16.1 Å². The first kappa shape index (κ1) is 16.7. The van der Waals surface area contributed by atoms with Gasteiger partial charge in [0.25, 0.3) is 0 Å². The Bertz CT molecular complexity index is 747. The van der Waals surface area contributed by atoms with Gasteiger partial charge >= 0.3 is 0 Å². The molecule has 2 unspecified atom stereocenters. The first-order valence-corrected chi connectivity index (χ1v) is 8.23. The normalized spacial score (nSPS) is 18.8. The predicted molar refractivity (Wildman–Crippen MR) is 92.8 cm³/mol. The number of carbonyl (C=O) groups is 2. The van der Waals surface area contributed by atoms with E-state index in [0.717, 1.165) is 5.56 Å². The van der Waals surface area contributed by atoms with E-state index in [2.05, 4.69) is 15.6 Å². The van der Waals surface area contributed by atoms with Crippen molar-refractivity contribution in [3.8, 4) is 0 Å². The van der Waals surface area contributed by atoms with Crippen molar-refractivity contribution in [1.82, 2.24) is 10.3 Å². The molecule has 1 heterocycles. The highest BCUT2D eigenvalue weighted by Crippen LogP contribution is 2.40. The summed E-state index contributed by atoms with van der Waals surface area (Å²) >= 11 is 12.1. The number of hydrogen-bond acceptors (Lipinski definition) is 3. The molecule has 2 aromatic rings. The Morgan fingerprint density at radius 1 is 1.08 bits per heavy atom. The Labute approximate surface area is 149 Å². The Morgan fingerprint density at radius 3 is 2.46 bits per heavy atom. The van der Waals surface area contributed by atoms with Crippen molar-refractivity contribution < 1.29 is 9.59 Å². The minimum Gasteiger partial charge on any atom is -0.352 e. The van der Waals surface area contributed by atoms with Gasteiger partial charge in [-0.2, -0.15) is 0 Å². The summed E-state index contributed by atoms with van der Waals surface area (Å²) < 4.78 is 0. The highest BCUT2D eigenvalue weighted by atomic mass is 35.5. The highest BCUT2D eigenvalue weighted by Gasteiger charge is 2.48. The SMILES string of the molecule is O=C(NCc1cccnc1)C1CC1C(=O)Nc1c(Cl)cccc1Cl. The number of anilines is 1. The van der Waals surface area contributed by atoms with Crippen molar-refractivity contribution in [2.45, 2.75) is 13.0 Å². The van der Waals surface area contributed by atoms with Crippen LogP contribution in [0.5, 0.6) is 0 Å². The topological polar surface area (TPSA) is 71.1 Å². The molecule has 1 aromatic heterocycles. The monoisotopic (exact) mass is 363 g/mol. The van der Waals surface area contributed by atoms with Gasteiger partial charge in [-0.3, -0.25) is 14.6 Å². The second-order valence-corrected chi connectivity index (χ2v) is 6.43. The van der Waals surface area contributed by atoms with Crippen LogP contribution in [-0.4, -0.2) is 16.8 Å². The number of nitrogens with one attached hydrogen (secondary N) is 2. The predicted octanol–water partition coefficient (Wildman–Crippen LogP) is 3.28. The molecule has 2 N–H and O–H groups in total. The first-order chi connectivity index (χ1) is 11.6. The maximum absolute atomic E-state index is 12.2. The number of hydrogen-bond donors (Lipinski definition) is 2. The molecule has 1 fully saturated rings. The number of rotatable bonds is 5. The maximum Gasteiger partial charge on any atom is 0.228 e. The molecule has 5 nitrogen and oxygen atoms in total. The average molecular weight is 364 g/mol. The van der Waals surface area contributed by atoms with Crippen LogP contribution in [0.25, 0.3) is 0 Å². The summed E-state index contributed by atoms with van der Waals surface area (Å²) in [4.78, 5) is 28.4. The third kappa shape index (κ3) is 3.86. The first-order valence-electron chi connectivity index (χ1n) is 7.47. The molecule has 3 rings (SSSR count). The molecule has 7 heteroatoms. The van der Waals surface area contributed by atoms with Gasteiger partial charge in [0.2, 0.25) is 11.8 Å². The van der Waals surface area contributed by atoms with E-state index in [0.29, 0.717) is 28.7 Å². The summed E-state index contributed by atoms with van der Waals surface area (Å²) in [5, 5.41) is 6.27. The zero-order valence-electron chi connectivity index (χ0n) is 12.6. The summed E-state index contributed by atoms with van der Waals surface area (Å²) in [6, 6.07) is 8.68. The van der Waals surface area contributed by atoms with E-state index in [1.165, 1.54) is 0 Å². The van der Waals surface area contributed by atoms with E-state index in [9.17, 15) is 9.59 Å². The maximum atomic E-state index is 12.2. The molecular formula is C17H15Cl2N3O2. The summed E-state index contributed by atoms with van der Waals surface area (Å²) in [5.74, 6) is -1.05. The van der Waals surface area contributed by atoms with Crippen LogP contribution in [0, 0.1) is 11.8 Å². The van der Waals surface area contributed by atoms with Crippen LogP contribution in [0.4, 0.5) is 5.69 Å². The van der Waals surface area contributed by atoms with Gasteiger partial charge in [0.1, 0.15) is 0 Å². The molecular weight excluding hydrogens is 349 g/mol. The lowest BCUT2D eigenvalue weighted by Crippen LogP contribution is -2.27. The van der Waals surface area contributed by atoms with E-state index >= 15 is 0 Å². The van der Waals surface area contributed by atoms with Gasteiger partial charge in [0.05, 0.1) is 27.6 Å². The molecule has 0 saturated heterocycles. The standard InChI is InChI=1S/C17H15Cl2N3O2/c18-13-4-1-5-14(19)15(13)22-17(24)12-7-11(12)16(23)21-9-10-3-2-6-20-8-10/h1-6,8,11-12H,7,9H2,(H,21,23)(H,22,24). The lowest BCUT2D eigenvalue weighted by Gasteiger charge is -2.09. The Kier molecular flexibility index (Phi) is 5.02. The molecule has 1 saturated carbocycles. The van der Waals surface area contributed by atoms with E-state index in [-0.39, 0.29) is 23.7 Å². The van der Waals surface area contributed by atoms with Crippen molar-refractivity contribution in [2.24, 2.45) is 11.8 Å². The largest absolute Gasteiger partial charge is 0.352 e. The van der Waals surface area contributed by atoms with Crippen molar-refractivity contribution in [1.29, 1.82) is 0 Å². The fourth-order valence-electron chi connectivity index (χ4n) is 2.43. The third-order valence-electron chi connectivity index (χ3n) is 3.86. The zero-order chi connectivity index (χ0) is 17.1. The second-order valence-electron chi connectivity index (χ2n) is 5.61. The Morgan fingerprint density at radius 2 is 1.79 bits per heavy atom. The van der Waals surface area contributed by atoms with Gasteiger partial charge in [0, 0.05) is 18.9 Å². The fourth-order valence-corrected chi connectivity index (χ4v) is 2.92. The lowest BCUT2D eigenvalue weighted by atomic mass is 10.2. The van der Waals surface area contributed by atoms with Crippen LogP contribution in [0.2, 0.25) is 10.0 Å². The smallest absolute Gasteiger partial charge is 0.228 e. The number of amides is 2. The van der Waals surface area contributed by atoms with Gasteiger partial charge in [-0.25, -0.2) is 0 Å². The molecule has 1 aliphatic carbocycles. The van der Waals surface area contributed by atoms with E-state index in [1.54, 1.807) is 30.6 Å². The minimum absolute atomic E-state index is 0.135. The highest BCUT2D eigenvalue weighted by molar-refractivity contribution is 6.39. The molecule has 1 aromatic carbocycles. The van der Waals surface area contributed by atoms with Crippen LogP contribution < -0.4 is 10.6 Å². The summed E-state index contributed by atoms with van der Waals surface area (Å²) in [6.45, 7) is 0.397. The lowest BCUT2D eigenvalue weighted by molar-refractivity contribution is -0.125. The average Bonchev–Trinajstić information content (AvgIpc) is 3.38. The van der Waals surface area contributed by atoms with Gasteiger partial charge in [-0.1, -0.05) is 35.3 Å². The molecule has 0 bridgehead atoms. The molecule has 0 spiro atoms. The zero-order valence-corrected chi connectivity index (χ0v) is 14.1. The molecule has 124 valence electrons. The van der Waals surface area contributed by atoms with E-state index in [1.807, 2.05) is 12.1 Å². The number of pyridine rings is 1. The van der Waals surface area contributed by atoms with Crippen LogP contribution in [0.3, 0.4) is 0 Å². The summed E-state index contributed by atoms with van der Waals surface area (Å²) in [7, 11) is 0. The van der Waals surface area contributed by atoms with Gasteiger partial charge < -0.3 is 10.6 Å². The molecule has 2 amide bonds. The number of aromatic nitrogens is 1. The molecule has 2 atom stereocenters. The molecule has 0 radical (unpaired) electrons. The van der Waals surface area contributed by atoms with Crippen LogP contribution >= 0.6 is 23.2 Å². The number of benzene rings is 1. The molecule has 0 aliphatic heterocycles. The Balaban J connectivity index is 1.53. The Hall–Kier alpha value is -2.11. The number of para-hydroxylation sites is 1. The van der Waals surface area contributed by atoms with Gasteiger partial charge in [0.15, 0.2) is 0 Å². The second kappa shape index (κ2) is 7.20. The quantitative estimate of drug-likeness (QED) is 0.855. The van der Waals surface area contributed by atoms with Crippen LogP contribution in [0.15, 0.2) is 42.7 Å². The summed E-state index contributed by atoms with van der Waals surface area (Å²) in [5.41, 5.74) is 1.29.